The van der Waals surface area contributed by atoms with Gasteiger partial charge in [0.1, 0.15) is 11.8 Å². The van der Waals surface area contributed by atoms with Crippen LogP contribution in [-0.2, 0) is 14.4 Å². The van der Waals surface area contributed by atoms with E-state index in [-0.39, 0.29) is 42.9 Å². The first-order valence-corrected chi connectivity index (χ1v) is 8.51. The highest BCUT2D eigenvalue weighted by Gasteiger charge is 2.45. The molecule has 4 amide bonds. The maximum atomic E-state index is 12.9. The number of carbonyl (C=O) groups is 4. The summed E-state index contributed by atoms with van der Waals surface area (Å²) in [5.41, 5.74) is 5.69. The summed E-state index contributed by atoms with van der Waals surface area (Å²) in [4.78, 5) is 49.0. The molecule has 2 heterocycles. The van der Waals surface area contributed by atoms with Crippen LogP contribution in [0.25, 0.3) is 0 Å². The first kappa shape index (κ1) is 18.8. The van der Waals surface area contributed by atoms with E-state index < -0.39 is 35.9 Å². The predicted octanol–water partition coefficient (Wildman–Crippen LogP) is -1.61. The van der Waals surface area contributed by atoms with Crippen molar-refractivity contribution in [3.05, 3.63) is 29.3 Å². The first-order chi connectivity index (χ1) is 12.9. The Morgan fingerprint density at radius 2 is 2.15 bits per heavy atom. The predicted molar refractivity (Wildman–Crippen MR) is 91.3 cm³/mol. The van der Waals surface area contributed by atoms with E-state index in [1.165, 1.54) is 6.07 Å². The fourth-order valence-electron chi connectivity index (χ4n) is 3.17. The largest absolute Gasteiger partial charge is 0.483 e. The van der Waals surface area contributed by atoms with E-state index in [2.05, 4.69) is 10.6 Å². The van der Waals surface area contributed by atoms with Crippen molar-refractivity contribution in [3.8, 4) is 5.75 Å². The summed E-state index contributed by atoms with van der Waals surface area (Å²) in [6.07, 6.45) is -1.14. The van der Waals surface area contributed by atoms with Gasteiger partial charge in [-0.05, 0) is 12.5 Å². The van der Waals surface area contributed by atoms with Crippen molar-refractivity contribution < 1.29 is 29.0 Å². The van der Waals surface area contributed by atoms with Crippen LogP contribution in [0.1, 0.15) is 35.0 Å². The average Bonchev–Trinajstić information content (AvgIpc) is 2.90. The van der Waals surface area contributed by atoms with Gasteiger partial charge in [-0.1, -0.05) is 12.1 Å². The molecule has 2 atom stereocenters. The lowest BCUT2D eigenvalue weighted by Crippen LogP contribution is -2.53. The molecule has 5 N–H and O–H groups in total. The third kappa shape index (κ3) is 3.62. The van der Waals surface area contributed by atoms with Crippen LogP contribution in [0.15, 0.2) is 18.2 Å². The van der Waals surface area contributed by atoms with Crippen LogP contribution in [-0.4, -0.2) is 59.4 Å². The van der Waals surface area contributed by atoms with Gasteiger partial charge in [-0.2, -0.15) is 0 Å². The van der Waals surface area contributed by atoms with Gasteiger partial charge in [-0.25, -0.2) is 0 Å². The monoisotopic (exact) mass is 376 g/mol. The number of aliphatic hydroxyl groups is 1. The molecular weight excluding hydrogens is 356 g/mol. The van der Waals surface area contributed by atoms with Gasteiger partial charge in [0.15, 0.2) is 12.8 Å². The van der Waals surface area contributed by atoms with E-state index in [0.717, 1.165) is 4.90 Å². The van der Waals surface area contributed by atoms with Crippen molar-refractivity contribution in [1.82, 2.24) is 15.5 Å². The third-order valence-electron chi connectivity index (χ3n) is 4.42. The molecule has 144 valence electrons. The minimum Gasteiger partial charge on any atom is -0.483 e. The van der Waals surface area contributed by atoms with Crippen molar-refractivity contribution in [2.75, 3.05) is 19.7 Å². The number of benzene rings is 1. The Hall–Kier alpha value is -2.98. The minimum atomic E-state index is -1.34. The van der Waals surface area contributed by atoms with Crippen LogP contribution in [0.3, 0.4) is 0 Å². The summed E-state index contributed by atoms with van der Waals surface area (Å²) in [5, 5.41) is 15.3. The Morgan fingerprint density at radius 1 is 1.37 bits per heavy atom. The van der Waals surface area contributed by atoms with Crippen LogP contribution in [0, 0.1) is 0 Å². The van der Waals surface area contributed by atoms with Crippen molar-refractivity contribution in [3.63, 3.8) is 0 Å². The Morgan fingerprint density at radius 3 is 2.85 bits per heavy atom. The van der Waals surface area contributed by atoms with Gasteiger partial charge >= 0.3 is 0 Å². The number of imide groups is 1. The molecular formula is C17H20N4O6. The van der Waals surface area contributed by atoms with E-state index in [4.69, 9.17) is 10.5 Å². The minimum absolute atomic E-state index is 0.0773. The second-order valence-corrected chi connectivity index (χ2v) is 6.20. The molecule has 1 fully saturated rings. The first-order valence-electron chi connectivity index (χ1n) is 8.51. The Labute approximate surface area is 154 Å². The van der Waals surface area contributed by atoms with Gasteiger partial charge in [0.05, 0.1) is 5.56 Å². The van der Waals surface area contributed by atoms with Crippen LogP contribution in [0.5, 0.6) is 5.75 Å². The Bertz CT molecular complexity index is 796. The van der Waals surface area contributed by atoms with E-state index in [1.54, 1.807) is 12.1 Å². The van der Waals surface area contributed by atoms with Crippen molar-refractivity contribution >= 4 is 23.6 Å². The van der Waals surface area contributed by atoms with E-state index >= 15 is 0 Å². The van der Waals surface area contributed by atoms with Crippen molar-refractivity contribution in [2.45, 2.75) is 25.1 Å². The molecule has 1 saturated heterocycles. The zero-order valence-electron chi connectivity index (χ0n) is 14.4. The van der Waals surface area contributed by atoms with Gasteiger partial charge in [0, 0.05) is 25.1 Å². The number of carbonyl (C=O) groups excluding carboxylic acids is 4. The third-order valence-corrected chi connectivity index (χ3v) is 4.42. The number of nitrogens with two attached hydrogens (primary N) is 1. The molecule has 0 saturated carbocycles. The number of ether oxygens (including phenoxy) is 1. The number of nitrogens with zero attached hydrogens (tertiary/aromatic N) is 1. The molecule has 0 bridgehead atoms. The van der Waals surface area contributed by atoms with Crippen LogP contribution >= 0.6 is 0 Å². The summed E-state index contributed by atoms with van der Waals surface area (Å²) in [7, 11) is 0. The molecule has 1 aromatic carbocycles. The summed E-state index contributed by atoms with van der Waals surface area (Å²) in [6.45, 7) is 0.270. The molecule has 2 aliphatic heterocycles. The zero-order valence-corrected chi connectivity index (χ0v) is 14.4. The zero-order chi connectivity index (χ0) is 19.6. The van der Waals surface area contributed by atoms with E-state index in [9.17, 15) is 24.3 Å². The summed E-state index contributed by atoms with van der Waals surface area (Å²) in [5.74, 6) is -1.90. The van der Waals surface area contributed by atoms with Crippen LogP contribution < -0.4 is 21.1 Å². The molecule has 0 spiro atoms. The van der Waals surface area contributed by atoms with Crippen LogP contribution in [0.4, 0.5) is 0 Å². The molecule has 3 rings (SSSR count). The van der Waals surface area contributed by atoms with Gasteiger partial charge in [0.25, 0.3) is 11.8 Å². The van der Waals surface area contributed by atoms with Crippen LogP contribution in [0.2, 0.25) is 0 Å². The molecule has 1 aromatic rings. The second-order valence-electron chi connectivity index (χ2n) is 6.20. The fourth-order valence-corrected chi connectivity index (χ4v) is 3.17. The van der Waals surface area contributed by atoms with Gasteiger partial charge in [-0.15, -0.1) is 0 Å². The standard InChI is InChI=1S/C17H20N4O6/c18-6-7-19-13(23)8-27-11-3-1-2-9-14(11)17(26)21(16(9)25)10-4-5-12(22)20-15(10)24/h1-3,10,16,25H,4-8,18H2,(H,19,23)(H,20,22,24). The maximum Gasteiger partial charge on any atom is 0.261 e. The highest BCUT2D eigenvalue weighted by molar-refractivity contribution is 6.06. The molecule has 2 unspecified atom stereocenters. The maximum absolute atomic E-state index is 12.9. The number of piperidine rings is 1. The number of aliphatic hydroxyl groups excluding tert-OH is 1. The molecule has 2 aliphatic rings. The summed E-state index contributed by atoms with van der Waals surface area (Å²) >= 11 is 0. The van der Waals surface area contributed by atoms with E-state index in [0.29, 0.717) is 6.54 Å². The fraction of sp³-hybridized carbons (Fsp3) is 0.412. The lowest BCUT2D eigenvalue weighted by Gasteiger charge is -2.31. The number of rotatable bonds is 6. The number of fused-ring (bicyclic) bond motifs is 1. The Kier molecular flexibility index (Phi) is 5.38. The lowest BCUT2D eigenvalue weighted by atomic mass is 10.0. The Balaban J connectivity index is 1.80. The topological polar surface area (TPSA) is 151 Å². The molecule has 10 nitrogen and oxygen atoms in total. The lowest BCUT2D eigenvalue weighted by molar-refractivity contribution is -0.139. The summed E-state index contributed by atoms with van der Waals surface area (Å²) < 4.78 is 5.44. The number of hydrogen-bond acceptors (Lipinski definition) is 7. The molecule has 27 heavy (non-hydrogen) atoms. The average molecular weight is 376 g/mol. The quantitative estimate of drug-likeness (QED) is 0.436. The normalized spacial score (nSPS) is 21.7. The van der Waals surface area contributed by atoms with Gasteiger partial charge in [0.2, 0.25) is 11.8 Å². The number of amides is 4. The highest BCUT2D eigenvalue weighted by Crippen LogP contribution is 2.39. The molecule has 0 radical (unpaired) electrons. The molecule has 10 heteroatoms. The molecule has 0 aliphatic carbocycles. The smallest absolute Gasteiger partial charge is 0.261 e. The number of nitrogens with one attached hydrogen (secondary N) is 2. The second kappa shape index (κ2) is 7.72. The van der Waals surface area contributed by atoms with Crippen molar-refractivity contribution in [1.29, 1.82) is 0 Å². The highest BCUT2D eigenvalue weighted by atomic mass is 16.5. The van der Waals surface area contributed by atoms with Crippen molar-refractivity contribution in [2.24, 2.45) is 5.73 Å². The van der Waals surface area contributed by atoms with Gasteiger partial charge < -0.3 is 20.9 Å². The number of hydrogen-bond donors (Lipinski definition) is 4. The summed E-state index contributed by atoms with van der Waals surface area (Å²) in [6, 6.07) is 3.67. The SMILES string of the molecule is NCCNC(=O)COc1cccc2c1C(=O)N(C1CCC(=O)NC1=O)C2O. The van der Waals surface area contributed by atoms with E-state index in [1.807, 2.05) is 0 Å². The van der Waals surface area contributed by atoms with Gasteiger partial charge in [-0.3, -0.25) is 29.4 Å². The molecule has 0 aromatic heterocycles.